The molecule has 2 aromatic rings. The van der Waals surface area contributed by atoms with Crippen LogP contribution in [-0.2, 0) is 6.54 Å². The maximum Gasteiger partial charge on any atom is 0.138 e. The second kappa shape index (κ2) is 3.05. The Labute approximate surface area is 76.2 Å². The Balaban J connectivity index is 2.24. The van der Waals surface area contributed by atoms with Crippen LogP contribution in [0.15, 0.2) is 23.1 Å². The van der Waals surface area contributed by atoms with Gasteiger partial charge in [-0.3, -0.25) is 0 Å². The van der Waals surface area contributed by atoms with Gasteiger partial charge < -0.3 is 9.09 Å². The van der Waals surface area contributed by atoms with E-state index in [1.54, 1.807) is 12.4 Å². The van der Waals surface area contributed by atoms with Crippen molar-refractivity contribution in [3.8, 4) is 0 Å². The summed E-state index contributed by atoms with van der Waals surface area (Å²) < 4.78 is 7.02. The third kappa shape index (κ3) is 1.47. The third-order valence-electron chi connectivity index (χ3n) is 2.11. The van der Waals surface area contributed by atoms with Crippen molar-refractivity contribution < 1.29 is 4.52 Å². The quantitative estimate of drug-likeness (QED) is 0.698. The first-order valence-electron chi connectivity index (χ1n) is 4.15. The predicted molar refractivity (Wildman–Crippen MR) is 47.3 cm³/mol. The van der Waals surface area contributed by atoms with Gasteiger partial charge in [0.2, 0.25) is 0 Å². The molecule has 0 saturated carbocycles. The topological polar surface area (TPSA) is 43.9 Å². The first kappa shape index (κ1) is 8.04. The van der Waals surface area contributed by atoms with Gasteiger partial charge in [-0.1, -0.05) is 5.16 Å². The fourth-order valence-electron chi connectivity index (χ4n) is 1.23. The number of aryl methyl sites for hydroxylation is 2. The number of aromatic nitrogens is 3. The lowest BCUT2D eigenvalue weighted by atomic mass is 10.3. The Morgan fingerprint density at radius 3 is 2.85 bits per heavy atom. The molecular formula is C9H11N3O. The lowest BCUT2D eigenvalue weighted by Crippen LogP contribution is -2.00. The zero-order chi connectivity index (χ0) is 9.26. The van der Waals surface area contributed by atoms with E-state index in [9.17, 15) is 0 Å². The summed E-state index contributed by atoms with van der Waals surface area (Å²) in [6.07, 6.45) is 5.48. The minimum atomic E-state index is 0.779. The van der Waals surface area contributed by atoms with E-state index in [0.717, 1.165) is 23.7 Å². The zero-order valence-electron chi connectivity index (χ0n) is 7.69. The van der Waals surface area contributed by atoms with Crippen LogP contribution < -0.4 is 0 Å². The molecule has 0 aliphatic carbocycles. The van der Waals surface area contributed by atoms with Gasteiger partial charge in [-0.05, 0) is 13.8 Å². The van der Waals surface area contributed by atoms with Gasteiger partial charge >= 0.3 is 0 Å². The van der Waals surface area contributed by atoms with E-state index in [4.69, 9.17) is 4.52 Å². The summed E-state index contributed by atoms with van der Waals surface area (Å²) in [5, 5.41) is 3.72. The summed E-state index contributed by atoms with van der Waals surface area (Å²) in [6, 6.07) is 0. The monoisotopic (exact) mass is 177 g/mol. The van der Waals surface area contributed by atoms with Crippen LogP contribution in [-0.4, -0.2) is 14.7 Å². The van der Waals surface area contributed by atoms with Gasteiger partial charge in [0.15, 0.2) is 0 Å². The molecule has 2 aromatic heterocycles. The lowest BCUT2D eigenvalue weighted by molar-refractivity contribution is 0.395. The van der Waals surface area contributed by atoms with Crippen LogP contribution in [0.25, 0.3) is 0 Å². The SMILES string of the molecule is Cc1oncc1Cn1ccnc1C. The van der Waals surface area contributed by atoms with E-state index in [1.807, 2.05) is 20.0 Å². The average molecular weight is 177 g/mol. The summed E-state index contributed by atoms with van der Waals surface area (Å²) in [5.74, 6) is 1.87. The summed E-state index contributed by atoms with van der Waals surface area (Å²) >= 11 is 0. The van der Waals surface area contributed by atoms with Crippen molar-refractivity contribution in [2.75, 3.05) is 0 Å². The second-order valence-corrected chi connectivity index (χ2v) is 3.01. The Hall–Kier alpha value is -1.58. The van der Waals surface area contributed by atoms with Gasteiger partial charge in [-0.25, -0.2) is 4.98 Å². The van der Waals surface area contributed by atoms with E-state index < -0.39 is 0 Å². The van der Waals surface area contributed by atoms with Gasteiger partial charge in [0, 0.05) is 18.0 Å². The van der Waals surface area contributed by atoms with Crippen LogP contribution in [0.3, 0.4) is 0 Å². The van der Waals surface area contributed by atoms with E-state index >= 15 is 0 Å². The molecule has 0 bridgehead atoms. The van der Waals surface area contributed by atoms with Crippen LogP contribution in [0, 0.1) is 13.8 Å². The predicted octanol–water partition coefficient (Wildman–Crippen LogP) is 1.54. The number of nitrogens with zero attached hydrogens (tertiary/aromatic N) is 3. The molecule has 0 aromatic carbocycles. The van der Waals surface area contributed by atoms with Crippen molar-refractivity contribution in [2.24, 2.45) is 0 Å². The van der Waals surface area contributed by atoms with E-state index in [-0.39, 0.29) is 0 Å². The molecule has 68 valence electrons. The van der Waals surface area contributed by atoms with Crippen LogP contribution in [0.4, 0.5) is 0 Å². The summed E-state index contributed by atoms with van der Waals surface area (Å²) in [4.78, 5) is 4.14. The largest absolute Gasteiger partial charge is 0.361 e. The third-order valence-corrected chi connectivity index (χ3v) is 2.11. The van der Waals surface area contributed by atoms with Gasteiger partial charge in [0.05, 0.1) is 12.7 Å². The number of imidazole rings is 1. The minimum Gasteiger partial charge on any atom is -0.361 e. The van der Waals surface area contributed by atoms with Gasteiger partial charge in [0.25, 0.3) is 0 Å². The molecule has 0 N–H and O–H groups in total. The van der Waals surface area contributed by atoms with Crippen LogP contribution >= 0.6 is 0 Å². The van der Waals surface area contributed by atoms with E-state index in [0.29, 0.717) is 0 Å². The molecule has 0 amide bonds. The fraction of sp³-hybridized carbons (Fsp3) is 0.333. The van der Waals surface area contributed by atoms with Crippen molar-refractivity contribution in [1.29, 1.82) is 0 Å². The number of hydrogen-bond acceptors (Lipinski definition) is 3. The molecule has 13 heavy (non-hydrogen) atoms. The van der Waals surface area contributed by atoms with Gasteiger partial charge in [-0.2, -0.15) is 0 Å². The molecule has 0 atom stereocenters. The molecule has 0 spiro atoms. The molecule has 0 aliphatic rings. The Kier molecular flexibility index (Phi) is 1.88. The van der Waals surface area contributed by atoms with Crippen molar-refractivity contribution in [3.05, 3.63) is 35.7 Å². The average Bonchev–Trinajstić information content (AvgIpc) is 2.65. The number of rotatable bonds is 2. The van der Waals surface area contributed by atoms with Gasteiger partial charge in [-0.15, -0.1) is 0 Å². The normalized spacial score (nSPS) is 10.6. The fourth-order valence-corrected chi connectivity index (χ4v) is 1.23. The lowest BCUT2D eigenvalue weighted by Gasteiger charge is -2.01. The highest BCUT2D eigenvalue weighted by atomic mass is 16.5. The highest BCUT2D eigenvalue weighted by Gasteiger charge is 2.04. The first-order valence-corrected chi connectivity index (χ1v) is 4.15. The zero-order valence-corrected chi connectivity index (χ0v) is 7.69. The summed E-state index contributed by atoms with van der Waals surface area (Å²) in [7, 11) is 0. The van der Waals surface area contributed by atoms with E-state index in [2.05, 4.69) is 14.7 Å². The molecule has 0 unspecified atom stereocenters. The van der Waals surface area contributed by atoms with Crippen LogP contribution in [0.2, 0.25) is 0 Å². The number of hydrogen-bond donors (Lipinski definition) is 0. The van der Waals surface area contributed by atoms with Crippen LogP contribution in [0.1, 0.15) is 17.1 Å². The molecule has 4 heteroatoms. The highest BCUT2D eigenvalue weighted by Crippen LogP contribution is 2.09. The van der Waals surface area contributed by atoms with E-state index in [1.165, 1.54) is 0 Å². The Bertz CT molecular complexity index is 364. The van der Waals surface area contributed by atoms with Gasteiger partial charge in [0.1, 0.15) is 11.6 Å². The summed E-state index contributed by atoms with van der Waals surface area (Å²) in [6.45, 7) is 4.67. The molecule has 0 aliphatic heterocycles. The maximum atomic E-state index is 4.97. The minimum absolute atomic E-state index is 0.779. The smallest absolute Gasteiger partial charge is 0.138 e. The molecule has 4 nitrogen and oxygen atoms in total. The molecule has 0 saturated heterocycles. The molecule has 2 rings (SSSR count). The first-order chi connectivity index (χ1) is 6.27. The molecule has 2 heterocycles. The Morgan fingerprint density at radius 2 is 2.31 bits per heavy atom. The van der Waals surface area contributed by atoms with Crippen molar-refractivity contribution in [3.63, 3.8) is 0 Å². The summed E-state index contributed by atoms with van der Waals surface area (Å²) in [5.41, 5.74) is 1.10. The molecule has 0 fully saturated rings. The van der Waals surface area contributed by atoms with Crippen molar-refractivity contribution in [1.82, 2.24) is 14.7 Å². The second-order valence-electron chi connectivity index (χ2n) is 3.01. The molecule has 0 radical (unpaired) electrons. The highest BCUT2D eigenvalue weighted by molar-refractivity contribution is 5.12. The Morgan fingerprint density at radius 1 is 1.46 bits per heavy atom. The van der Waals surface area contributed by atoms with Crippen LogP contribution in [0.5, 0.6) is 0 Å². The van der Waals surface area contributed by atoms with Crippen molar-refractivity contribution >= 4 is 0 Å². The standard InChI is InChI=1S/C9H11N3O/c1-7-9(5-11-13-7)6-12-4-3-10-8(12)2/h3-5H,6H2,1-2H3. The van der Waals surface area contributed by atoms with Crippen molar-refractivity contribution in [2.45, 2.75) is 20.4 Å². The maximum absolute atomic E-state index is 4.97. The molecular weight excluding hydrogens is 166 g/mol.